The summed E-state index contributed by atoms with van der Waals surface area (Å²) in [4.78, 5) is 59.3. The van der Waals surface area contributed by atoms with Crippen molar-refractivity contribution in [3.05, 3.63) is 34.9 Å². The summed E-state index contributed by atoms with van der Waals surface area (Å²) < 4.78 is 0. The molecule has 8 nitrogen and oxygen atoms in total. The van der Waals surface area contributed by atoms with Crippen LogP contribution in [0.5, 0.6) is 0 Å². The van der Waals surface area contributed by atoms with Crippen LogP contribution >= 0.6 is 11.6 Å². The fourth-order valence-electron chi connectivity index (χ4n) is 5.00. The van der Waals surface area contributed by atoms with Crippen LogP contribution < -0.4 is 5.32 Å². The molecule has 1 aromatic rings. The van der Waals surface area contributed by atoms with E-state index in [-0.39, 0.29) is 30.2 Å². The van der Waals surface area contributed by atoms with Crippen LogP contribution in [0.2, 0.25) is 5.02 Å². The number of oxime groups is 1. The molecule has 200 valence electrons. The lowest BCUT2D eigenvalue weighted by molar-refractivity contribution is -0.145. The minimum absolute atomic E-state index is 0.152. The van der Waals surface area contributed by atoms with E-state index in [1.165, 1.54) is 6.92 Å². The Morgan fingerprint density at radius 2 is 1.95 bits per heavy atom. The Balaban J connectivity index is 1.58. The van der Waals surface area contributed by atoms with Crippen LogP contribution in [0, 0.1) is 17.3 Å². The molecule has 4 rings (SSSR count). The first-order chi connectivity index (χ1) is 17.3. The van der Waals surface area contributed by atoms with Crippen molar-refractivity contribution in [2.24, 2.45) is 22.4 Å². The molecule has 4 atom stereocenters. The van der Waals surface area contributed by atoms with Crippen molar-refractivity contribution in [1.29, 1.82) is 0 Å². The Kier molecular flexibility index (Phi) is 7.52. The van der Waals surface area contributed by atoms with Crippen molar-refractivity contribution in [2.45, 2.75) is 84.4 Å². The first-order valence-electron chi connectivity index (χ1n) is 13.0. The number of amides is 2. The maximum atomic E-state index is 13.7. The van der Waals surface area contributed by atoms with Crippen LogP contribution in [0.1, 0.15) is 72.3 Å². The number of rotatable bonds is 8. The van der Waals surface area contributed by atoms with Crippen molar-refractivity contribution in [2.75, 3.05) is 6.54 Å². The summed E-state index contributed by atoms with van der Waals surface area (Å²) in [6.45, 7) is 9.24. The van der Waals surface area contributed by atoms with Gasteiger partial charge >= 0.3 is 0 Å². The number of halogens is 1. The summed E-state index contributed by atoms with van der Waals surface area (Å²) in [7, 11) is 0. The molecule has 9 heteroatoms. The monoisotopic (exact) mass is 529 g/mol. The van der Waals surface area contributed by atoms with Crippen LogP contribution in [0.4, 0.5) is 0 Å². The minimum atomic E-state index is -0.881. The molecule has 2 amide bonds. The summed E-state index contributed by atoms with van der Waals surface area (Å²) in [5.41, 5.74) is 0.364. The Morgan fingerprint density at radius 1 is 1.24 bits per heavy atom. The van der Waals surface area contributed by atoms with Gasteiger partial charge < -0.3 is 15.1 Å². The van der Waals surface area contributed by atoms with E-state index in [0.29, 0.717) is 29.5 Å². The van der Waals surface area contributed by atoms with Crippen molar-refractivity contribution >= 4 is 40.7 Å². The lowest BCUT2D eigenvalue weighted by atomic mass is 9.81. The van der Waals surface area contributed by atoms with Gasteiger partial charge in [0.2, 0.25) is 17.6 Å². The predicted octanol–water partition coefficient (Wildman–Crippen LogP) is 3.93. The number of nitrogens with zero attached hydrogens (tertiary/aromatic N) is 2. The second kappa shape index (κ2) is 10.2. The molecule has 0 aromatic heterocycles. The molecule has 1 saturated carbocycles. The quantitative estimate of drug-likeness (QED) is 0.514. The second-order valence-electron chi connectivity index (χ2n) is 11.9. The highest BCUT2D eigenvalue weighted by Gasteiger charge is 2.55. The van der Waals surface area contributed by atoms with Gasteiger partial charge in [0.25, 0.3) is 0 Å². The molecule has 2 aliphatic heterocycles. The third-order valence-electron chi connectivity index (χ3n) is 7.90. The van der Waals surface area contributed by atoms with Gasteiger partial charge in [0.15, 0.2) is 11.4 Å². The molecular formula is C28H36ClN3O5. The van der Waals surface area contributed by atoms with Gasteiger partial charge in [-0.25, -0.2) is 0 Å². The lowest BCUT2D eigenvalue weighted by Gasteiger charge is -2.33. The van der Waals surface area contributed by atoms with E-state index in [9.17, 15) is 19.2 Å². The second-order valence-corrected chi connectivity index (χ2v) is 12.4. The van der Waals surface area contributed by atoms with Gasteiger partial charge in [0.05, 0.1) is 18.3 Å². The summed E-state index contributed by atoms with van der Waals surface area (Å²) in [6.07, 6.45) is 3.06. The highest BCUT2D eigenvalue weighted by molar-refractivity contribution is 6.38. The highest BCUT2D eigenvalue weighted by Crippen LogP contribution is 2.41. The van der Waals surface area contributed by atoms with Crippen molar-refractivity contribution in [1.82, 2.24) is 10.2 Å². The lowest BCUT2D eigenvalue weighted by Crippen LogP contribution is -2.53. The van der Waals surface area contributed by atoms with E-state index in [1.54, 1.807) is 11.0 Å². The predicted molar refractivity (Wildman–Crippen MR) is 140 cm³/mol. The van der Waals surface area contributed by atoms with Gasteiger partial charge in [-0.15, -0.1) is 0 Å². The highest BCUT2D eigenvalue weighted by atomic mass is 35.5. The Morgan fingerprint density at radius 3 is 2.54 bits per heavy atom. The van der Waals surface area contributed by atoms with Gasteiger partial charge in [-0.3, -0.25) is 19.2 Å². The molecule has 2 heterocycles. The van der Waals surface area contributed by atoms with Crippen LogP contribution in [-0.2, 0) is 24.0 Å². The molecule has 1 spiro atoms. The van der Waals surface area contributed by atoms with Crippen LogP contribution in [0.25, 0.3) is 0 Å². The standard InChI is InChI=1S/C28H36ClN3O5/c1-16(27(3,4)5)26(36)32-15-28(13-22(31-37-28)19-7-6-8-20(29)12-19)14-23(32)25(35)30-21(11-18-9-10-18)24(34)17(2)33/h6-8,12,16,18,21,23H,9-11,13-15H2,1-5H3,(H,30,35)/t16-,21+,23+,28-/m1/s1. The van der Waals surface area contributed by atoms with Gasteiger partial charge in [0.1, 0.15) is 6.04 Å². The molecule has 3 aliphatic rings. The summed E-state index contributed by atoms with van der Waals surface area (Å²) in [6, 6.07) is 5.60. The number of carbonyl (C=O) groups is 4. The van der Waals surface area contributed by atoms with Gasteiger partial charge in [-0.2, -0.15) is 0 Å². The average molecular weight is 530 g/mol. The summed E-state index contributed by atoms with van der Waals surface area (Å²) >= 11 is 6.16. The Bertz CT molecular complexity index is 1140. The molecular weight excluding hydrogens is 494 g/mol. The zero-order valence-corrected chi connectivity index (χ0v) is 22.9. The van der Waals surface area contributed by atoms with Gasteiger partial charge in [0, 0.05) is 36.3 Å². The van der Waals surface area contributed by atoms with Gasteiger partial charge in [-0.05, 0) is 29.9 Å². The summed E-state index contributed by atoms with van der Waals surface area (Å²) in [5, 5.41) is 7.71. The number of ketones is 2. The van der Waals surface area contributed by atoms with Crippen molar-refractivity contribution < 1.29 is 24.0 Å². The zero-order valence-electron chi connectivity index (χ0n) is 22.2. The van der Waals surface area contributed by atoms with Crippen molar-refractivity contribution in [3.8, 4) is 0 Å². The molecule has 0 unspecified atom stereocenters. The van der Waals surface area contributed by atoms with E-state index in [2.05, 4.69) is 10.5 Å². The maximum absolute atomic E-state index is 13.7. The van der Waals surface area contributed by atoms with Crippen LogP contribution in [0.15, 0.2) is 29.4 Å². The number of likely N-dealkylation sites (tertiary alicyclic amines) is 1. The largest absolute Gasteiger partial charge is 0.387 e. The molecule has 0 bridgehead atoms. The zero-order chi connectivity index (χ0) is 27.1. The molecule has 1 aromatic carbocycles. The molecule has 0 radical (unpaired) electrons. The smallest absolute Gasteiger partial charge is 0.243 e. The SMILES string of the molecule is CC(=O)C(=O)[C@H](CC1CC1)NC(=O)[C@@H]1C[C@]2(CC(c3cccc(Cl)c3)=NO2)CN1C(=O)[C@@H](C)C(C)(C)C. The normalized spacial score (nSPS) is 24.9. The molecule has 1 saturated heterocycles. The number of benzene rings is 1. The van der Waals surface area contributed by atoms with Crippen molar-refractivity contribution in [3.63, 3.8) is 0 Å². The van der Waals surface area contributed by atoms with E-state index < -0.39 is 35.2 Å². The average Bonchev–Trinajstić information content (AvgIpc) is 3.43. The fraction of sp³-hybridized carbons (Fsp3) is 0.607. The van der Waals surface area contributed by atoms with E-state index in [4.69, 9.17) is 16.4 Å². The third-order valence-corrected chi connectivity index (χ3v) is 8.13. The number of hydrogen-bond acceptors (Lipinski definition) is 6. The van der Waals surface area contributed by atoms with Crippen LogP contribution in [-0.4, -0.2) is 58.2 Å². The number of hydrogen-bond donors (Lipinski definition) is 1. The fourth-order valence-corrected chi connectivity index (χ4v) is 5.19. The van der Waals surface area contributed by atoms with E-state index >= 15 is 0 Å². The van der Waals surface area contributed by atoms with E-state index in [0.717, 1.165) is 18.4 Å². The number of nitrogens with one attached hydrogen (secondary N) is 1. The third kappa shape index (κ3) is 6.06. The van der Waals surface area contributed by atoms with Gasteiger partial charge in [-0.1, -0.05) is 69.4 Å². The topological polar surface area (TPSA) is 105 Å². The summed E-state index contributed by atoms with van der Waals surface area (Å²) in [5.74, 6) is -1.80. The Labute approximate surface area is 223 Å². The molecule has 37 heavy (non-hydrogen) atoms. The van der Waals surface area contributed by atoms with E-state index in [1.807, 2.05) is 45.9 Å². The molecule has 2 fully saturated rings. The Hall–Kier alpha value is -2.74. The van der Waals surface area contributed by atoms with Crippen LogP contribution in [0.3, 0.4) is 0 Å². The minimum Gasteiger partial charge on any atom is -0.387 e. The first-order valence-corrected chi connectivity index (χ1v) is 13.3. The first kappa shape index (κ1) is 27.3. The molecule has 1 N–H and O–H groups in total. The number of Topliss-reactive ketones (excluding diaryl/α,β-unsaturated/α-hetero) is 2. The maximum Gasteiger partial charge on any atom is 0.243 e. The number of carbonyl (C=O) groups excluding carboxylic acids is 4. The molecule has 1 aliphatic carbocycles.